The molecule has 3 aromatic heterocycles. The molecule has 1 aliphatic heterocycles. The van der Waals surface area contributed by atoms with Crippen molar-refractivity contribution in [2.24, 2.45) is 0 Å². The van der Waals surface area contributed by atoms with Gasteiger partial charge in [-0.05, 0) is 48.7 Å². The zero-order valence-corrected chi connectivity index (χ0v) is 25.9. The average Bonchev–Trinajstić information content (AvgIpc) is 3.34. The number of fused-ring (bicyclic) bond motifs is 1. The molecule has 0 aromatic carbocycles. The molecule has 5 rings (SSSR count). The maximum atomic E-state index is 13.0. The summed E-state index contributed by atoms with van der Waals surface area (Å²) >= 11 is 0. The Morgan fingerprint density at radius 2 is 1.76 bits per heavy atom. The van der Waals surface area contributed by atoms with Gasteiger partial charge in [-0.3, -0.25) is 0 Å². The predicted octanol–water partition coefficient (Wildman–Crippen LogP) is 5.48. The van der Waals surface area contributed by atoms with Crippen molar-refractivity contribution in [2.75, 3.05) is 30.9 Å². The Kier molecular flexibility index (Phi) is 6.84. The number of aromatic nitrogens is 4. The lowest BCUT2D eigenvalue weighted by molar-refractivity contribution is 0.0985. The number of nitrogens with zero attached hydrogens (tertiary/aromatic N) is 5. The molecule has 8 nitrogen and oxygen atoms in total. The molecule has 1 saturated carbocycles. The van der Waals surface area contributed by atoms with Crippen LogP contribution in [-0.4, -0.2) is 67.5 Å². The Labute approximate surface area is 228 Å². The van der Waals surface area contributed by atoms with Crippen molar-refractivity contribution >= 4 is 29.5 Å². The van der Waals surface area contributed by atoms with Crippen LogP contribution < -0.4 is 4.90 Å². The van der Waals surface area contributed by atoms with Crippen LogP contribution in [0.4, 0.5) is 5.82 Å². The Bertz CT molecular complexity index is 1420. The normalized spacial score (nSPS) is 20.3. The van der Waals surface area contributed by atoms with Gasteiger partial charge in [-0.15, -0.1) is 0 Å². The van der Waals surface area contributed by atoms with Crippen LogP contribution in [0, 0.1) is 0 Å². The number of ether oxygens (including phenoxy) is 1. The molecular weight excluding hydrogens is 514 g/mol. The van der Waals surface area contributed by atoms with Crippen LogP contribution in [0.3, 0.4) is 0 Å². The maximum absolute atomic E-state index is 13.0. The average molecular weight is 558 g/mol. The van der Waals surface area contributed by atoms with Crippen LogP contribution in [-0.2, 0) is 19.3 Å². The molecule has 1 saturated heterocycles. The minimum Gasteiger partial charge on any atom is -0.379 e. The van der Waals surface area contributed by atoms with Crippen LogP contribution in [0.25, 0.3) is 16.8 Å². The first kappa shape index (κ1) is 27.4. The summed E-state index contributed by atoms with van der Waals surface area (Å²) in [5.41, 5.74) is 5.19. The number of morpholine rings is 1. The minimum absolute atomic E-state index is 0.155. The third-order valence-electron chi connectivity index (χ3n) is 9.23. The Balaban J connectivity index is 1.70. The number of hydrogen-bond acceptors (Lipinski definition) is 6. The third kappa shape index (κ3) is 4.05. The predicted molar refractivity (Wildman–Crippen MR) is 156 cm³/mol. The first-order valence-corrected chi connectivity index (χ1v) is 18.0. The van der Waals surface area contributed by atoms with E-state index < -0.39 is 22.8 Å². The van der Waals surface area contributed by atoms with Gasteiger partial charge in [0.15, 0.2) is 23.7 Å². The van der Waals surface area contributed by atoms with Crippen LogP contribution in [0.15, 0.2) is 30.7 Å². The summed E-state index contributed by atoms with van der Waals surface area (Å²) in [4.78, 5) is 7.36. The lowest BCUT2D eigenvalue weighted by atomic mass is 10.1. The molecule has 0 bridgehead atoms. The second-order valence-electron chi connectivity index (χ2n) is 12.3. The van der Waals surface area contributed by atoms with Gasteiger partial charge in [0.2, 0.25) is 0 Å². The van der Waals surface area contributed by atoms with E-state index in [2.05, 4.69) is 76.1 Å². The lowest BCUT2D eigenvalue weighted by Gasteiger charge is -2.44. The van der Waals surface area contributed by atoms with Gasteiger partial charge in [0.1, 0.15) is 10.6 Å². The van der Waals surface area contributed by atoms with E-state index in [1.165, 1.54) is 6.26 Å². The van der Waals surface area contributed by atoms with Crippen molar-refractivity contribution in [2.45, 2.75) is 88.7 Å². The fraction of sp³-hybridized carbons (Fsp3) is 0.643. The highest BCUT2D eigenvalue weighted by Gasteiger charge is 2.56. The van der Waals surface area contributed by atoms with Crippen molar-refractivity contribution in [3.05, 3.63) is 36.4 Å². The first-order chi connectivity index (χ1) is 17.8. The van der Waals surface area contributed by atoms with E-state index >= 15 is 0 Å². The fourth-order valence-corrected chi connectivity index (χ4v) is 15.2. The van der Waals surface area contributed by atoms with E-state index in [1.54, 1.807) is 4.52 Å². The number of anilines is 1. The van der Waals surface area contributed by atoms with Gasteiger partial charge >= 0.3 is 0 Å². The van der Waals surface area contributed by atoms with Crippen LogP contribution in [0.2, 0.25) is 16.6 Å². The summed E-state index contributed by atoms with van der Waals surface area (Å²) in [5.74, 6) is 0.801. The number of rotatable bonds is 8. The Hall–Kier alpha value is -2.17. The third-order valence-corrected chi connectivity index (χ3v) is 18.0. The summed E-state index contributed by atoms with van der Waals surface area (Å²) in [5, 5.41) is 4.75. The molecule has 0 N–H and O–H groups in total. The summed E-state index contributed by atoms with van der Waals surface area (Å²) in [7, 11) is -5.22. The molecule has 2 fully saturated rings. The maximum Gasteiger partial charge on any atom is 0.168 e. The molecule has 2 aliphatic rings. The zero-order valence-electron chi connectivity index (χ0n) is 24.1. The highest BCUT2D eigenvalue weighted by Crippen LogP contribution is 2.53. The van der Waals surface area contributed by atoms with Crippen molar-refractivity contribution in [3.63, 3.8) is 0 Å². The summed E-state index contributed by atoms with van der Waals surface area (Å²) in [6.45, 7) is 18.3. The number of hydrogen-bond donors (Lipinski definition) is 0. The molecule has 0 unspecified atom stereocenters. The summed E-state index contributed by atoms with van der Waals surface area (Å²) < 4.78 is 35.1. The molecular formula is C28H43N5O3SSi. The second kappa shape index (κ2) is 9.48. The summed E-state index contributed by atoms with van der Waals surface area (Å²) in [6, 6.07) is 4.29. The molecule has 38 heavy (non-hydrogen) atoms. The van der Waals surface area contributed by atoms with Crippen molar-refractivity contribution in [1.82, 2.24) is 18.8 Å². The van der Waals surface area contributed by atoms with E-state index in [9.17, 15) is 8.42 Å². The van der Waals surface area contributed by atoms with Gasteiger partial charge in [-0.1, -0.05) is 41.5 Å². The standard InChI is InChI=1S/C28H43N5O3SSi/c1-19(2)38(20(3)4,21(5)6)31-12-9-23(17-31)24-16-29-33-25(28(10-11-28)37(8,34)35)15-26(30-27(24)33)32-13-14-36-18-22(32)7/h9,12,15-17,19-22H,10-11,13-14,18H2,1-8H3/t22-/m1/s1. The molecule has 3 aromatic rings. The molecule has 0 radical (unpaired) electrons. The molecule has 0 amide bonds. The zero-order chi connectivity index (χ0) is 27.6. The smallest absolute Gasteiger partial charge is 0.168 e. The van der Waals surface area contributed by atoms with E-state index in [1.807, 2.05) is 12.3 Å². The molecule has 10 heteroatoms. The van der Waals surface area contributed by atoms with Crippen LogP contribution in [0.1, 0.15) is 67.0 Å². The van der Waals surface area contributed by atoms with Gasteiger partial charge in [-0.2, -0.15) is 5.10 Å². The SMILES string of the molecule is CC(C)[Si](C(C)C)(C(C)C)n1ccc(-c2cnn3c(C4(S(C)(=O)=O)CC4)cc(N4CCOC[C@H]4C)nc23)c1. The van der Waals surface area contributed by atoms with E-state index in [0.717, 1.165) is 34.8 Å². The Morgan fingerprint density at radius 1 is 1.11 bits per heavy atom. The quantitative estimate of drug-likeness (QED) is 0.341. The largest absolute Gasteiger partial charge is 0.379 e. The van der Waals surface area contributed by atoms with E-state index in [-0.39, 0.29) is 6.04 Å². The topological polar surface area (TPSA) is 81.7 Å². The van der Waals surface area contributed by atoms with Crippen LogP contribution >= 0.6 is 0 Å². The monoisotopic (exact) mass is 557 g/mol. The van der Waals surface area contributed by atoms with E-state index in [0.29, 0.717) is 42.7 Å². The second-order valence-corrected chi connectivity index (χ2v) is 20.4. The lowest BCUT2D eigenvalue weighted by Crippen LogP contribution is -2.51. The molecule has 1 atom stereocenters. The van der Waals surface area contributed by atoms with Crippen LogP contribution in [0.5, 0.6) is 0 Å². The van der Waals surface area contributed by atoms with Crippen molar-refractivity contribution in [3.8, 4) is 11.1 Å². The van der Waals surface area contributed by atoms with Gasteiger partial charge < -0.3 is 13.9 Å². The highest BCUT2D eigenvalue weighted by atomic mass is 32.2. The van der Waals surface area contributed by atoms with Gasteiger partial charge in [0.25, 0.3) is 0 Å². The van der Waals surface area contributed by atoms with Gasteiger partial charge in [0, 0.05) is 36.2 Å². The van der Waals surface area contributed by atoms with Crippen molar-refractivity contribution < 1.29 is 13.2 Å². The molecule has 0 spiro atoms. The summed E-state index contributed by atoms with van der Waals surface area (Å²) in [6.07, 6.45) is 8.97. The molecule has 208 valence electrons. The molecule has 4 heterocycles. The Morgan fingerprint density at radius 3 is 2.32 bits per heavy atom. The first-order valence-electron chi connectivity index (χ1n) is 14.0. The van der Waals surface area contributed by atoms with Gasteiger partial charge in [-0.25, -0.2) is 17.9 Å². The van der Waals surface area contributed by atoms with Crippen molar-refractivity contribution in [1.29, 1.82) is 0 Å². The minimum atomic E-state index is -3.33. The highest BCUT2D eigenvalue weighted by molar-refractivity contribution is 7.92. The fourth-order valence-electron chi connectivity index (χ4n) is 7.31. The molecule has 1 aliphatic carbocycles. The van der Waals surface area contributed by atoms with E-state index in [4.69, 9.17) is 14.8 Å². The van der Waals surface area contributed by atoms with Gasteiger partial charge in [0.05, 0.1) is 31.1 Å². The number of sulfone groups is 1.